The summed E-state index contributed by atoms with van der Waals surface area (Å²) in [4.78, 5) is 30.1. The third kappa shape index (κ3) is 4.25. The number of nitrogens with zero attached hydrogens (tertiary/aromatic N) is 2. The molecule has 0 fully saturated rings. The Kier molecular flexibility index (Phi) is 5.71. The van der Waals surface area contributed by atoms with Crippen LogP contribution in [0, 0.1) is 0 Å². The quantitative estimate of drug-likeness (QED) is 0.340. The van der Waals surface area contributed by atoms with Crippen molar-refractivity contribution in [1.29, 1.82) is 0 Å². The Hall–Kier alpha value is -3.35. The van der Waals surface area contributed by atoms with Gasteiger partial charge in [0, 0.05) is 18.8 Å². The van der Waals surface area contributed by atoms with Gasteiger partial charge in [-0.1, -0.05) is 12.1 Å². The first-order valence-corrected chi connectivity index (χ1v) is 8.76. The highest BCUT2D eigenvalue weighted by Gasteiger charge is 2.34. The summed E-state index contributed by atoms with van der Waals surface area (Å²) in [5.41, 5.74) is 7.65. The lowest BCUT2D eigenvalue weighted by molar-refractivity contribution is 0.0652. The van der Waals surface area contributed by atoms with E-state index in [-0.39, 0.29) is 11.8 Å². The number of unbranched alkanes of at least 4 members (excludes halogenated alkanes) is 1. The van der Waals surface area contributed by atoms with Crippen molar-refractivity contribution in [1.82, 2.24) is 4.90 Å². The number of methoxy groups -OCH3 is 1. The van der Waals surface area contributed by atoms with Crippen LogP contribution in [0.1, 0.15) is 33.6 Å². The molecule has 0 saturated heterocycles. The Labute approximate surface area is 157 Å². The van der Waals surface area contributed by atoms with E-state index in [2.05, 4.69) is 10.3 Å². The minimum absolute atomic E-state index is 0.222. The van der Waals surface area contributed by atoms with E-state index in [0.717, 1.165) is 17.9 Å². The number of fused-ring (bicyclic) bond motifs is 1. The van der Waals surface area contributed by atoms with Gasteiger partial charge in [0.2, 0.25) is 0 Å². The van der Waals surface area contributed by atoms with Crippen LogP contribution in [-0.2, 0) is 0 Å². The fourth-order valence-corrected chi connectivity index (χ4v) is 2.89. The normalized spacial score (nSPS) is 13.7. The Morgan fingerprint density at radius 1 is 1.04 bits per heavy atom. The standard InChI is InChI=1S/C20H22N4O3/c1-27-15-10-8-14(9-11-15)23-20(21)22-12-4-5-13-24-18(25)16-6-2-3-7-17(16)19(24)26/h2-3,6-11H,4-5,12-13H2,1H3,(H3,21,22,23). The summed E-state index contributed by atoms with van der Waals surface area (Å²) in [6.07, 6.45) is 1.39. The lowest BCUT2D eigenvalue weighted by Gasteiger charge is -2.13. The zero-order chi connectivity index (χ0) is 19.2. The van der Waals surface area contributed by atoms with E-state index >= 15 is 0 Å². The van der Waals surface area contributed by atoms with Gasteiger partial charge in [-0.05, 0) is 49.2 Å². The third-order valence-corrected chi connectivity index (χ3v) is 4.31. The number of benzene rings is 2. The molecule has 0 bridgehead atoms. The van der Waals surface area contributed by atoms with Crippen LogP contribution in [0.4, 0.5) is 5.69 Å². The van der Waals surface area contributed by atoms with E-state index in [1.807, 2.05) is 24.3 Å². The smallest absolute Gasteiger partial charge is 0.261 e. The molecule has 3 rings (SSSR count). The summed E-state index contributed by atoms with van der Waals surface area (Å²) in [6, 6.07) is 14.3. The molecule has 0 atom stereocenters. The van der Waals surface area contributed by atoms with E-state index in [0.29, 0.717) is 36.6 Å². The van der Waals surface area contributed by atoms with Crippen LogP contribution in [0.5, 0.6) is 5.75 Å². The maximum atomic E-state index is 12.3. The lowest BCUT2D eigenvalue weighted by Crippen LogP contribution is -2.30. The summed E-state index contributed by atoms with van der Waals surface area (Å²) in [5, 5.41) is 3.00. The predicted octanol–water partition coefficient (Wildman–Crippen LogP) is 2.50. The van der Waals surface area contributed by atoms with Crippen molar-refractivity contribution in [2.75, 3.05) is 25.5 Å². The molecule has 2 amide bonds. The predicted molar refractivity (Wildman–Crippen MR) is 104 cm³/mol. The topological polar surface area (TPSA) is 97.0 Å². The number of nitrogens with two attached hydrogens (primary N) is 1. The maximum absolute atomic E-state index is 12.3. The number of carbonyl (C=O) groups excluding carboxylic acids is 2. The zero-order valence-electron chi connectivity index (χ0n) is 15.1. The van der Waals surface area contributed by atoms with Crippen LogP contribution in [0.3, 0.4) is 0 Å². The molecule has 3 N–H and O–H groups in total. The van der Waals surface area contributed by atoms with Gasteiger partial charge in [0.1, 0.15) is 5.75 Å². The molecular weight excluding hydrogens is 344 g/mol. The second-order valence-electron chi connectivity index (χ2n) is 6.14. The molecule has 1 aliphatic rings. The molecule has 1 aliphatic heterocycles. The van der Waals surface area contributed by atoms with Gasteiger partial charge < -0.3 is 15.8 Å². The maximum Gasteiger partial charge on any atom is 0.261 e. The third-order valence-electron chi connectivity index (χ3n) is 4.31. The first-order valence-electron chi connectivity index (χ1n) is 8.76. The fraction of sp³-hybridized carbons (Fsp3) is 0.250. The molecule has 140 valence electrons. The number of carbonyl (C=O) groups is 2. The summed E-state index contributed by atoms with van der Waals surface area (Å²) in [7, 11) is 1.61. The van der Waals surface area contributed by atoms with Crippen molar-refractivity contribution in [3.8, 4) is 5.75 Å². The van der Waals surface area contributed by atoms with Crippen LogP contribution in [0.2, 0.25) is 0 Å². The summed E-state index contributed by atoms with van der Waals surface area (Å²) in [5.74, 6) is 0.643. The number of aliphatic imine (C=N–C) groups is 1. The fourth-order valence-electron chi connectivity index (χ4n) is 2.89. The first kappa shape index (κ1) is 18.4. The van der Waals surface area contributed by atoms with Gasteiger partial charge in [-0.2, -0.15) is 0 Å². The molecule has 2 aromatic rings. The summed E-state index contributed by atoms with van der Waals surface area (Å²) in [6.45, 7) is 0.895. The van der Waals surface area contributed by atoms with Gasteiger partial charge in [-0.15, -0.1) is 0 Å². The molecule has 7 heteroatoms. The van der Waals surface area contributed by atoms with Crippen LogP contribution in [-0.4, -0.2) is 42.9 Å². The van der Waals surface area contributed by atoms with Crippen LogP contribution < -0.4 is 15.8 Å². The van der Waals surface area contributed by atoms with E-state index in [1.165, 1.54) is 4.90 Å². The molecule has 0 radical (unpaired) electrons. The molecule has 0 aliphatic carbocycles. The summed E-state index contributed by atoms with van der Waals surface area (Å²) >= 11 is 0. The number of anilines is 1. The monoisotopic (exact) mass is 366 g/mol. The Bertz CT molecular complexity index is 827. The number of rotatable bonds is 7. The average Bonchev–Trinajstić information content (AvgIpc) is 2.93. The second kappa shape index (κ2) is 8.35. The Balaban J connectivity index is 1.43. The number of ether oxygens (including phenoxy) is 1. The molecule has 0 spiro atoms. The van der Waals surface area contributed by atoms with Crippen LogP contribution in [0.15, 0.2) is 53.5 Å². The number of imide groups is 1. The lowest BCUT2D eigenvalue weighted by atomic mass is 10.1. The van der Waals surface area contributed by atoms with Crippen molar-refractivity contribution in [2.45, 2.75) is 12.8 Å². The van der Waals surface area contributed by atoms with E-state index in [1.54, 1.807) is 31.4 Å². The highest BCUT2D eigenvalue weighted by molar-refractivity contribution is 6.21. The Morgan fingerprint density at radius 3 is 2.26 bits per heavy atom. The van der Waals surface area contributed by atoms with Gasteiger partial charge in [-0.3, -0.25) is 19.5 Å². The average molecular weight is 366 g/mol. The van der Waals surface area contributed by atoms with Crippen molar-refractivity contribution >= 4 is 23.5 Å². The minimum atomic E-state index is -0.222. The number of amides is 2. The SMILES string of the molecule is COc1ccc(NC(N)=NCCCCN2C(=O)c3ccccc3C2=O)cc1. The van der Waals surface area contributed by atoms with Gasteiger partial charge in [0.15, 0.2) is 5.96 Å². The minimum Gasteiger partial charge on any atom is -0.497 e. The number of hydrogen-bond acceptors (Lipinski definition) is 4. The number of nitrogens with one attached hydrogen (secondary N) is 1. The van der Waals surface area contributed by atoms with E-state index < -0.39 is 0 Å². The van der Waals surface area contributed by atoms with Crippen molar-refractivity contribution < 1.29 is 14.3 Å². The number of guanidine groups is 1. The van der Waals surface area contributed by atoms with Gasteiger partial charge in [0.05, 0.1) is 18.2 Å². The van der Waals surface area contributed by atoms with Crippen LogP contribution >= 0.6 is 0 Å². The molecule has 2 aromatic carbocycles. The van der Waals surface area contributed by atoms with Crippen molar-refractivity contribution in [3.63, 3.8) is 0 Å². The molecule has 0 unspecified atom stereocenters. The first-order chi connectivity index (χ1) is 13.1. The highest BCUT2D eigenvalue weighted by atomic mass is 16.5. The summed E-state index contributed by atoms with van der Waals surface area (Å²) < 4.78 is 5.10. The number of hydrogen-bond donors (Lipinski definition) is 2. The van der Waals surface area contributed by atoms with Gasteiger partial charge in [-0.25, -0.2) is 0 Å². The van der Waals surface area contributed by atoms with E-state index in [4.69, 9.17) is 10.5 Å². The van der Waals surface area contributed by atoms with Crippen molar-refractivity contribution in [3.05, 3.63) is 59.7 Å². The van der Waals surface area contributed by atoms with Gasteiger partial charge in [0.25, 0.3) is 11.8 Å². The molecule has 1 heterocycles. The second-order valence-corrected chi connectivity index (χ2v) is 6.14. The van der Waals surface area contributed by atoms with E-state index in [9.17, 15) is 9.59 Å². The van der Waals surface area contributed by atoms with Gasteiger partial charge >= 0.3 is 0 Å². The molecule has 27 heavy (non-hydrogen) atoms. The largest absolute Gasteiger partial charge is 0.497 e. The highest BCUT2D eigenvalue weighted by Crippen LogP contribution is 2.22. The molecular formula is C20H22N4O3. The van der Waals surface area contributed by atoms with Crippen LogP contribution in [0.25, 0.3) is 0 Å². The Morgan fingerprint density at radius 2 is 1.67 bits per heavy atom. The zero-order valence-corrected chi connectivity index (χ0v) is 15.1. The molecule has 7 nitrogen and oxygen atoms in total. The van der Waals surface area contributed by atoms with Crippen molar-refractivity contribution in [2.24, 2.45) is 10.7 Å². The molecule has 0 aromatic heterocycles. The molecule has 0 saturated carbocycles.